The van der Waals surface area contributed by atoms with E-state index in [-0.39, 0.29) is 11.9 Å². The Bertz CT molecular complexity index is 970. The van der Waals surface area contributed by atoms with Crippen molar-refractivity contribution >= 4 is 23.5 Å². The summed E-state index contributed by atoms with van der Waals surface area (Å²) in [6.45, 7) is 1.19. The minimum Gasteiger partial charge on any atom is -0.489 e. The number of hydrogen-bond acceptors (Lipinski definition) is 4. The van der Waals surface area contributed by atoms with Gasteiger partial charge in [-0.2, -0.15) is 0 Å². The van der Waals surface area contributed by atoms with Gasteiger partial charge in [0.15, 0.2) is 0 Å². The molecular formula is C26H30ClNO4. The van der Waals surface area contributed by atoms with Gasteiger partial charge in [-0.15, -0.1) is 0 Å². The molecule has 5 nitrogen and oxygen atoms in total. The number of carbonyl (C=O) groups excluding carboxylic acids is 2. The van der Waals surface area contributed by atoms with E-state index in [4.69, 9.17) is 21.1 Å². The largest absolute Gasteiger partial charge is 0.489 e. The zero-order valence-electron chi connectivity index (χ0n) is 18.5. The van der Waals surface area contributed by atoms with Gasteiger partial charge in [0, 0.05) is 23.5 Å². The molecule has 0 bridgehead atoms. The predicted octanol–water partition coefficient (Wildman–Crippen LogP) is 5.43. The molecule has 1 saturated heterocycles. The van der Waals surface area contributed by atoms with Crippen LogP contribution in [0.2, 0.25) is 5.02 Å². The van der Waals surface area contributed by atoms with Crippen LogP contribution in [0.3, 0.4) is 0 Å². The van der Waals surface area contributed by atoms with E-state index in [0.717, 1.165) is 36.9 Å². The summed E-state index contributed by atoms with van der Waals surface area (Å²) in [4.78, 5) is 26.8. The number of likely N-dealkylation sites (tertiary alicyclic amines) is 1. The normalized spacial score (nSPS) is 19.2. The molecule has 170 valence electrons. The van der Waals surface area contributed by atoms with E-state index in [1.54, 1.807) is 24.3 Å². The van der Waals surface area contributed by atoms with Crippen LogP contribution in [0.5, 0.6) is 5.75 Å². The van der Waals surface area contributed by atoms with Crippen LogP contribution in [0, 0.1) is 5.92 Å². The number of nitrogens with zero attached hydrogens (tertiary/aromatic N) is 1. The highest BCUT2D eigenvalue weighted by Crippen LogP contribution is 2.32. The average Bonchev–Trinajstić information content (AvgIpc) is 3.19. The molecule has 2 aliphatic rings. The Hall–Kier alpha value is -2.53. The van der Waals surface area contributed by atoms with Gasteiger partial charge in [0.25, 0.3) is 0 Å². The highest BCUT2D eigenvalue weighted by atomic mass is 35.5. The number of halogens is 1. The molecule has 1 saturated carbocycles. The first-order valence-corrected chi connectivity index (χ1v) is 11.8. The molecule has 0 aromatic heterocycles. The van der Waals surface area contributed by atoms with Gasteiger partial charge in [0.2, 0.25) is 5.91 Å². The Balaban J connectivity index is 1.34. The number of methoxy groups -OCH3 is 1. The van der Waals surface area contributed by atoms with Crippen LogP contribution in [0.1, 0.15) is 60.0 Å². The number of rotatable bonds is 7. The number of hydrogen-bond donors (Lipinski definition) is 0. The molecule has 1 heterocycles. The van der Waals surface area contributed by atoms with Crippen molar-refractivity contribution in [2.75, 3.05) is 13.7 Å². The Morgan fingerprint density at radius 2 is 1.91 bits per heavy atom. The van der Waals surface area contributed by atoms with Crippen LogP contribution in [-0.4, -0.2) is 36.5 Å². The molecule has 6 heteroatoms. The summed E-state index contributed by atoms with van der Waals surface area (Å²) in [6, 6.07) is 13.3. The molecule has 1 unspecified atom stereocenters. The SMILES string of the molecule is COC(=O)c1cccc(COc2ccc(CC3CCN(C4CCCCC4)C3=O)c(Cl)c2)c1. The summed E-state index contributed by atoms with van der Waals surface area (Å²) >= 11 is 6.54. The van der Waals surface area contributed by atoms with E-state index < -0.39 is 0 Å². The molecule has 2 fully saturated rings. The van der Waals surface area contributed by atoms with Crippen molar-refractivity contribution in [3.63, 3.8) is 0 Å². The summed E-state index contributed by atoms with van der Waals surface area (Å²) in [5.74, 6) is 0.590. The quantitative estimate of drug-likeness (QED) is 0.522. The van der Waals surface area contributed by atoms with Crippen LogP contribution in [0.25, 0.3) is 0 Å². The fourth-order valence-electron chi connectivity index (χ4n) is 4.83. The topological polar surface area (TPSA) is 55.8 Å². The van der Waals surface area contributed by atoms with Crippen LogP contribution in [-0.2, 0) is 22.6 Å². The van der Waals surface area contributed by atoms with Crippen LogP contribution in [0.15, 0.2) is 42.5 Å². The lowest BCUT2D eigenvalue weighted by Crippen LogP contribution is -2.39. The van der Waals surface area contributed by atoms with Gasteiger partial charge in [0.1, 0.15) is 12.4 Å². The molecule has 1 amide bonds. The van der Waals surface area contributed by atoms with Crippen molar-refractivity contribution in [2.45, 2.75) is 57.6 Å². The van der Waals surface area contributed by atoms with Gasteiger partial charge in [-0.05, 0) is 61.1 Å². The monoisotopic (exact) mass is 455 g/mol. The zero-order chi connectivity index (χ0) is 22.5. The van der Waals surface area contributed by atoms with Crippen LogP contribution in [0.4, 0.5) is 0 Å². The first-order valence-electron chi connectivity index (χ1n) is 11.4. The summed E-state index contributed by atoms with van der Waals surface area (Å²) in [6.07, 6.45) is 7.63. The van der Waals surface area contributed by atoms with Crippen molar-refractivity contribution < 1.29 is 19.1 Å². The highest BCUT2D eigenvalue weighted by molar-refractivity contribution is 6.31. The van der Waals surface area contributed by atoms with E-state index in [1.165, 1.54) is 26.4 Å². The third kappa shape index (κ3) is 5.26. The van der Waals surface area contributed by atoms with Crippen LogP contribution < -0.4 is 4.74 Å². The Labute approximate surface area is 194 Å². The number of amides is 1. The molecule has 32 heavy (non-hydrogen) atoms. The van der Waals surface area contributed by atoms with E-state index in [1.807, 2.05) is 18.2 Å². The fraction of sp³-hybridized carbons (Fsp3) is 0.462. The molecular weight excluding hydrogens is 426 g/mol. The summed E-state index contributed by atoms with van der Waals surface area (Å²) in [5.41, 5.74) is 2.34. The predicted molar refractivity (Wildman–Crippen MR) is 124 cm³/mol. The molecule has 0 radical (unpaired) electrons. The zero-order valence-corrected chi connectivity index (χ0v) is 19.3. The Morgan fingerprint density at radius 1 is 1.09 bits per heavy atom. The molecule has 1 atom stereocenters. The summed E-state index contributed by atoms with van der Waals surface area (Å²) < 4.78 is 10.6. The Kier molecular flexibility index (Phi) is 7.36. The van der Waals surface area contributed by atoms with E-state index in [9.17, 15) is 9.59 Å². The smallest absolute Gasteiger partial charge is 0.337 e. The minimum absolute atomic E-state index is 0.0160. The second-order valence-electron chi connectivity index (χ2n) is 8.75. The third-order valence-electron chi connectivity index (χ3n) is 6.61. The van der Waals surface area contributed by atoms with Gasteiger partial charge in [-0.3, -0.25) is 4.79 Å². The third-order valence-corrected chi connectivity index (χ3v) is 6.96. The number of benzene rings is 2. The lowest BCUT2D eigenvalue weighted by atomic mass is 9.94. The average molecular weight is 456 g/mol. The lowest BCUT2D eigenvalue weighted by molar-refractivity contribution is -0.133. The molecule has 1 aliphatic heterocycles. The van der Waals surface area contributed by atoms with Gasteiger partial charge < -0.3 is 14.4 Å². The van der Waals surface area contributed by atoms with Gasteiger partial charge >= 0.3 is 5.97 Å². The van der Waals surface area contributed by atoms with E-state index in [2.05, 4.69) is 4.90 Å². The molecule has 1 aliphatic carbocycles. The summed E-state index contributed by atoms with van der Waals surface area (Å²) in [5, 5.41) is 0.620. The number of ether oxygens (including phenoxy) is 2. The molecule has 0 N–H and O–H groups in total. The van der Waals surface area contributed by atoms with Gasteiger partial charge in [0.05, 0.1) is 12.7 Å². The van der Waals surface area contributed by atoms with Crippen molar-refractivity contribution in [1.82, 2.24) is 4.90 Å². The van der Waals surface area contributed by atoms with Crippen molar-refractivity contribution in [2.24, 2.45) is 5.92 Å². The maximum atomic E-state index is 13.0. The van der Waals surface area contributed by atoms with E-state index in [0.29, 0.717) is 41.3 Å². The van der Waals surface area contributed by atoms with Crippen molar-refractivity contribution in [3.05, 3.63) is 64.2 Å². The van der Waals surface area contributed by atoms with Gasteiger partial charge in [-0.25, -0.2) is 4.79 Å². The Morgan fingerprint density at radius 3 is 2.66 bits per heavy atom. The second kappa shape index (κ2) is 10.4. The summed E-state index contributed by atoms with van der Waals surface area (Å²) in [7, 11) is 1.36. The van der Waals surface area contributed by atoms with Crippen molar-refractivity contribution in [3.8, 4) is 5.75 Å². The first kappa shape index (κ1) is 22.7. The lowest BCUT2D eigenvalue weighted by Gasteiger charge is -2.31. The first-order chi connectivity index (χ1) is 15.5. The number of carbonyl (C=O) groups is 2. The second-order valence-corrected chi connectivity index (χ2v) is 9.15. The van der Waals surface area contributed by atoms with Crippen LogP contribution >= 0.6 is 11.6 Å². The molecule has 2 aromatic rings. The molecule has 0 spiro atoms. The molecule has 2 aromatic carbocycles. The maximum Gasteiger partial charge on any atom is 0.337 e. The van der Waals surface area contributed by atoms with Gasteiger partial charge in [-0.1, -0.05) is 49.1 Å². The molecule has 4 rings (SSSR count). The maximum absolute atomic E-state index is 13.0. The van der Waals surface area contributed by atoms with E-state index >= 15 is 0 Å². The van der Waals surface area contributed by atoms with Crippen molar-refractivity contribution in [1.29, 1.82) is 0 Å². The standard InChI is InChI=1S/C26H30ClNO4/c1-31-26(30)21-7-5-6-18(14-21)17-32-23-11-10-19(24(27)16-23)15-20-12-13-28(25(20)29)22-8-3-2-4-9-22/h5-7,10-11,14,16,20,22H,2-4,8-9,12-13,15,17H2,1H3. The fourth-order valence-corrected chi connectivity index (χ4v) is 5.08. The highest BCUT2D eigenvalue weighted by Gasteiger charge is 2.36. The minimum atomic E-state index is -0.372. The number of esters is 1.